The second-order valence-electron chi connectivity index (χ2n) is 8.76. The highest BCUT2D eigenvalue weighted by Crippen LogP contribution is 2.55. The minimum Gasteiger partial charge on any atom is -0.289 e. The van der Waals surface area contributed by atoms with Crippen LogP contribution in [0.15, 0.2) is 59.5 Å². The van der Waals surface area contributed by atoms with Crippen molar-refractivity contribution in [1.82, 2.24) is 4.72 Å². The number of benzene rings is 2. The molecule has 0 aromatic heterocycles. The summed E-state index contributed by atoms with van der Waals surface area (Å²) in [5, 5.41) is 0. The molecule has 2 aromatic rings. The lowest BCUT2D eigenvalue weighted by Crippen LogP contribution is -2.58. The summed E-state index contributed by atoms with van der Waals surface area (Å²) in [7, 11) is -1.37. The van der Waals surface area contributed by atoms with Crippen LogP contribution in [0.5, 0.6) is 0 Å². The molecule has 4 fully saturated rings. The van der Waals surface area contributed by atoms with Crippen LogP contribution in [0.3, 0.4) is 0 Å². The van der Waals surface area contributed by atoms with Crippen LogP contribution in [-0.4, -0.2) is 15.5 Å². The van der Waals surface area contributed by atoms with Crippen molar-refractivity contribution in [3.63, 3.8) is 0 Å². The van der Waals surface area contributed by atoms with Gasteiger partial charge in [-0.25, -0.2) is 8.93 Å². The summed E-state index contributed by atoms with van der Waals surface area (Å²) in [4.78, 5) is 13.6. The van der Waals surface area contributed by atoms with Crippen molar-refractivity contribution in [3.8, 4) is 0 Å². The Morgan fingerprint density at radius 3 is 2.04 bits per heavy atom. The van der Waals surface area contributed by atoms with E-state index in [4.69, 9.17) is 0 Å². The summed E-state index contributed by atoms with van der Waals surface area (Å²) in [5.41, 5.74) is 1.18. The lowest BCUT2D eigenvalue weighted by molar-refractivity contribution is -0.00749. The molecule has 0 radical (unpaired) electrons. The molecule has 1 N–H and O–H groups in total. The van der Waals surface area contributed by atoms with Crippen molar-refractivity contribution < 1.29 is 9.00 Å². The quantitative estimate of drug-likeness (QED) is 0.778. The van der Waals surface area contributed by atoms with Gasteiger partial charge in [0.2, 0.25) is 0 Å². The highest BCUT2D eigenvalue weighted by molar-refractivity contribution is 7.83. The fraction of sp³-hybridized carbons (Fsp3) is 0.435. The maximum Gasteiger partial charge on any atom is 0.194 e. The molecule has 0 amide bonds. The molecule has 4 saturated carbocycles. The predicted molar refractivity (Wildman–Crippen MR) is 107 cm³/mol. The maximum atomic E-state index is 13.3. The predicted octanol–water partition coefficient (Wildman–Crippen LogP) is 4.50. The normalized spacial score (nSPS) is 32.4. The number of ketones is 1. The van der Waals surface area contributed by atoms with E-state index in [1.54, 1.807) is 6.07 Å². The fourth-order valence-corrected chi connectivity index (χ4v) is 7.36. The van der Waals surface area contributed by atoms with Gasteiger partial charge in [-0.15, -0.1) is 0 Å². The van der Waals surface area contributed by atoms with E-state index in [0.717, 1.165) is 37.0 Å². The molecule has 2 aromatic carbocycles. The first-order valence-electron chi connectivity index (χ1n) is 10.0. The Kier molecular flexibility index (Phi) is 4.29. The third-order valence-electron chi connectivity index (χ3n) is 6.71. The number of hydrogen-bond acceptors (Lipinski definition) is 2. The van der Waals surface area contributed by atoms with Crippen LogP contribution in [0, 0.1) is 17.8 Å². The summed E-state index contributed by atoms with van der Waals surface area (Å²) in [6, 6.07) is 16.6. The molecule has 0 aliphatic heterocycles. The Balaban J connectivity index is 1.42. The van der Waals surface area contributed by atoms with Gasteiger partial charge in [0.15, 0.2) is 5.78 Å². The molecule has 1 unspecified atom stereocenters. The molecule has 3 nitrogen and oxygen atoms in total. The monoisotopic (exact) mass is 379 g/mol. The molecule has 6 rings (SSSR count). The maximum absolute atomic E-state index is 13.3. The van der Waals surface area contributed by atoms with Crippen LogP contribution in [0.2, 0.25) is 0 Å². The summed E-state index contributed by atoms with van der Waals surface area (Å²) in [6.07, 6.45) is 7.49. The van der Waals surface area contributed by atoms with Crippen molar-refractivity contribution >= 4 is 16.8 Å². The van der Waals surface area contributed by atoms with Crippen LogP contribution in [0.4, 0.5) is 0 Å². The number of nitrogens with one attached hydrogen (secondary N) is 1. The molecule has 4 bridgehead atoms. The number of carbonyl (C=O) groups is 1. The zero-order chi connectivity index (χ0) is 18.4. The lowest BCUT2D eigenvalue weighted by Gasteiger charge is -2.56. The van der Waals surface area contributed by atoms with E-state index < -0.39 is 11.0 Å². The molecule has 140 valence electrons. The van der Waals surface area contributed by atoms with Crippen LogP contribution >= 0.6 is 0 Å². The zero-order valence-corrected chi connectivity index (χ0v) is 16.2. The van der Waals surface area contributed by atoms with Gasteiger partial charge in [0.1, 0.15) is 11.0 Å². The first-order valence-corrected chi connectivity index (χ1v) is 11.2. The minimum atomic E-state index is -1.37. The van der Waals surface area contributed by atoms with Gasteiger partial charge in [0.25, 0.3) is 0 Å². The molecular formula is C23H25NO2S. The van der Waals surface area contributed by atoms with Crippen molar-refractivity contribution in [2.45, 2.75) is 49.0 Å². The number of hydrogen-bond donors (Lipinski definition) is 1. The summed E-state index contributed by atoms with van der Waals surface area (Å²) in [6.45, 7) is 0. The van der Waals surface area contributed by atoms with Gasteiger partial charge in [0.05, 0.1) is 4.90 Å². The summed E-state index contributed by atoms with van der Waals surface area (Å²) < 4.78 is 16.8. The Hall–Kier alpha value is -1.78. The minimum absolute atomic E-state index is 0.00250. The van der Waals surface area contributed by atoms with Gasteiger partial charge in [-0.2, -0.15) is 0 Å². The average molecular weight is 380 g/mol. The van der Waals surface area contributed by atoms with E-state index in [1.165, 1.54) is 19.3 Å². The van der Waals surface area contributed by atoms with Crippen molar-refractivity contribution in [3.05, 3.63) is 65.7 Å². The van der Waals surface area contributed by atoms with E-state index in [0.29, 0.717) is 16.0 Å². The van der Waals surface area contributed by atoms with E-state index in [2.05, 4.69) is 4.72 Å². The summed E-state index contributed by atoms with van der Waals surface area (Å²) >= 11 is 0. The average Bonchev–Trinajstić information content (AvgIpc) is 2.66. The van der Waals surface area contributed by atoms with Gasteiger partial charge in [-0.05, 0) is 68.4 Å². The SMILES string of the molecule is O=C(c1ccccc1)c1ccccc1S(=O)NC12CC3CC(CC(C3)C1)C2. The third-order valence-corrected chi connectivity index (χ3v) is 8.09. The highest BCUT2D eigenvalue weighted by Gasteiger charge is 2.51. The number of carbonyl (C=O) groups excluding carboxylic acids is 1. The Bertz CT molecular complexity index is 857. The Morgan fingerprint density at radius 2 is 1.41 bits per heavy atom. The van der Waals surface area contributed by atoms with Crippen LogP contribution in [-0.2, 0) is 11.0 Å². The van der Waals surface area contributed by atoms with Gasteiger partial charge in [-0.1, -0.05) is 42.5 Å². The van der Waals surface area contributed by atoms with E-state index in [9.17, 15) is 9.00 Å². The standard InChI is InChI=1S/C23H25NO2S/c25-22(19-6-2-1-3-7-19)20-8-4-5-9-21(20)27(26)24-23-13-16-10-17(14-23)12-18(11-16)15-23/h1-9,16-18,24H,10-15H2. The Labute approximate surface area is 163 Å². The Morgan fingerprint density at radius 1 is 0.852 bits per heavy atom. The van der Waals surface area contributed by atoms with E-state index in [1.807, 2.05) is 48.5 Å². The topological polar surface area (TPSA) is 46.2 Å². The molecule has 0 heterocycles. The van der Waals surface area contributed by atoms with E-state index >= 15 is 0 Å². The first-order chi connectivity index (χ1) is 13.1. The molecule has 1 atom stereocenters. The van der Waals surface area contributed by atoms with Gasteiger partial charge in [0, 0.05) is 16.7 Å². The van der Waals surface area contributed by atoms with Crippen molar-refractivity contribution in [2.75, 3.05) is 0 Å². The second-order valence-corrected chi connectivity index (χ2v) is 9.94. The molecule has 4 aliphatic rings. The second kappa shape index (κ2) is 6.68. The molecule has 0 spiro atoms. The fourth-order valence-electron chi connectivity index (χ4n) is 6.05. The zero-order valence-electron chi connectivity index (χ0n) is 15.4. The van der Waals surface area contributed by atoms with Crippen molar-refractivity contribution in [1.29, 1.82) is 0 Å². The number of rotatable bonds is 5. The molecule has 0 saturated heterocycles. The van der Waals surface area contributed by atoms with Crippen molar-refractivity contribution in [2.24, 2.45) is 17.8 Å². The molecular weight excluding hydrogens is 354 g/mol. The van der Waals surface area contributed by atoms with Gasteiger partial charge < -0.3 is 0 Å². The molecule has 27 heavy (non-hydrogen) atoms. The van der Waals surface area contributed by atoms with Crippen LogP contribution in [0.25, 0.3) is 0 Å². The first kappa shape index (κ1) is 17.3. The third kappa shape index (κ3) is 3.19. The van der Waals surface area contributed by atoms with Gasteiger partial charge in [-0.3, -0.25) is 4.79 Å². The smallest absolute Gasteiger partial charge is 0.194 e. The van der Waals surface area contributed by atoms with E-state index in [-0.39, 0.29) is 11.3 Å². The molecule has 4 aliphatic carbocycles. The summed E-state index contributed by atoms with van der Waals surface area (Å²) in [5.74, 6) is 2.32. The molecule has 4 heteroatoms. The highest BCUT2D eigenvalue weighted by atomic mass is 32.2. The van der Waals surface area contributed by atoms with Crippen LogP contribution < -0.4 is 4.72 Å². The lowest BCUT2D eigenvalue weighted by atomic mass is 9.53. The van der Waals surface area contributed by atoms with Gasteiger partial charge >= 0.3 is 0 Å². The largest absolute Gasteiger partial charge is 0.289 e. The van der Waals surface area contributed by atoms with Crippen LogP contribution in [0.1, 0.15) is 54.4 Å².